The van der Waals surface area contributed by atoms with E-state index in [1.54, 1.807) is 12.1 Å². The third kappa shape index (κ3) is 3.05. The first kappa shape index (κ1) is 13.4. The van der Waals surface area contributed by atoms with E-state index in [0.29, 0.717) is 19.3 Å². The normalized spacial score (nSPS) is 22.2. The van der Waals surface area contributed by atoms with Gasteiger partial charge in [0.15, 0.2) is 0 Å². The molecule has 0 spiro atoms. The number of phenolic OH excluding ortho intramolecular Hbond substituents is 1. The standard InChI is InChI=1S/C14H17NO4/c1-8-2-5-12(16)11(6-8)13(17)15-10-4-3-9(7-10)14(18)19/h2,5-6,9-10,16H,3-4,7H2,1H3,(H,15,17)(H,18,19). The molecule has 1 aliphatic carbocycles. The summed E-state index contributed by atoms with van der Waals surface area (Å²) in [5, 5.41) is 21.4. The van der Waals surface area contributed by atoms with E-state index in [9.17, 15) is 14.7 Å². The molecule has 19 heavy (non-hydrogen) atoms. The van der Waals surface area contributed by atoms with Crippen LogP contribution in [-0.2, 0) is 4.79 Å². The molecular weight excluding hydrogens is 246 g/mol. The molecule has 1 amide bonds. The fourth-order valence-electron chi connectivity index (χ4n) is 2.43. The summed E-state index contributed by atoms with van der Waals surface area (Å²) in [5.41, 5.74) is 1.12. The van der Waals surface area contributed by atoms with Crippen molar-refractivity contribution >= 4 is 11.9 Å². The Bertz CT molecular complexity index is 512. The lowest BCUT2D eigenvalue weighted by molar-refractivity contribution is -0.141. The number of carbonyl (C=O) groups is 2. The number of aromatic hydroxyl groups is 1. The largest absolute Gasteiger partial charge is 0.507 e. The van der Waals surface area contributed by atoms with Crippen molar-refractivity contribution in [3.63, 3.8) is 0 Å². The van der Waals surface area contributed by atoms with Crippen molar-refractivity contribution in [1.82, 2.24) is 5.32 Å². The number of benzene rings is 1. The summed E-state index contributed by atoms with van der Waals surface area (Å²) in [7, 11) is 0. The van der Waals surface area contributed by atoms with Gasteiger partial charge in [-0.15, -0.1) is 0 Å². The van der Waals surface area contributed by atoms with Crippen LogP contribution in [0.5, 0.6) is 5.75 Å². The number of phenols is 1. The number of carbonyl (C=O) groups excluding carboxylic acids is 1. The second kappa shape index (κ2) is 5.30. The molecule has 1 aliphatic rings. The predicted molar refractivity (Wildman–Crippen MR) is 69.1 cm³/mol. The first-order valence-corrected chi connectivity index (χ1v) is 6.30. The second-order valence-corrected chi connectivity index (χ2v) is 5.04. The number of nitrogens with one attached hydrogen (secondary N) is 1. The first-order valence-electron chi connectivity index (χ1n) is 6.30. The van der Waals surface area contributed by atoms with Crippen molar-refractivity contribution < 1.29 is 19.8 Å². The van der Waals surface area contributed by atoms with Gasteiger partial charge in [0.05, 0.1) is 11.5 Å². The average Bonchev–Trinajstić information content (AvgIpc) is 2.80. The minimum atomic E-state index is -0.810. The minimum absolute atomic E-state index is 0.0594. The van der Waals surface area contributed by atoms with Crippen LogP contribution < -0.4 is 5.32 Å². The molecule has 0 aliphatic heterocycles. The Kier molecular flexibility index (Phi) is 3.74. The minimum Gasteiger partial charge on any atom is -0.507 e. The van der Waals surface area contributed by atoms with Crippen molar-refractivity contribution in [3.8, 4) is 5.75 Å². The fraction of sp³-hybridized carbons (Fsp3) is 0.429. The Morgan fingerprint density at radius 2 is 2.05 bits per heavy atom. The van der Waals surface area contributed by atoms with Crippen LogP contribution in [0.25, 0.3) is 0 Å². The molecule has 102 valence electrons. The molecule has 3 N–H and O–H groups in total. The van der Waals surface area contributed by atoms with Crippen molar-refractivity contribution in [2.45, 2.75) is 32.2 Å². The molecule has 0 bridgehead atoms. The molecule has 1 fully saturated rings. The molecule has 1 saturated carbocycles. The number of carboxylic acid groups (broad SMARTS) is 1. The summed E-state index contributed by atoms with van der Waals surface area (Å²) in [6.45, 7) is 1.84. The number of amides is 1. The zero-order valence-corrected chi connectivity index (χ0v) is 10.7. The average molecular weight is 263 g/mol. The van der Waals surface area contributed by atoms with E-state index in [0.717, 1.165) is 5.56 Å². The number of aliphatic carboxylic acids is 1. The number of rotatable bonds is 3. The SMILES string of the molecule is Cc1ccc(O)c(C(=O)NC2CCC(C(=O)O)C2)c1. The van der Waals surface area contributed by atoms with E-state index in [-0.39, 0.29) is 29.2 Å². The van der Waals surface area contributed by atoms with Crippen molar-refractivity contribution in [2.24, 2.45) is 5.92 Å². The van der Waals surface area contributed by atoms with Gasteiger partial charge in [-0.3, -0.25) is 9.59 Å². The highest BCUT2D eigenvalue weighted by Crippen LogP contribution is 2.26. The van der Waals surface area contributed by atoms with Crippen molar-refractivity contribution in [3.05, 3.63) is 29.3 Å². The first-order chi connectivity index (χ1) is 8.97. The van der Waals surface area contributed by atoms with Gasteiger partial charge < -0.3 is 15.5 Å². The van der Waals surface area contributed by atoms with Crippen molar-refractivity contribution in [2.75, 3.05) is 0 Å². The van der Waals surface area contributed by atoms with Gasteiger partial charge in [0.25, 0.3) is 5.91 Å². The summed E-state index contributed by atoms with van der Waals surface area (Å²) < 4.78 is 0. The summed E-state index contributed by atoms with van der Waals surface area (Å²) in [6.07, 6.45) is 1.70. The quantitative estimate of drug-likeness (QED) is 0.774. The lowest BCUT2D eigenvalue weighted by Gasteiger charge is -2.13. The van der Waals surface area contributed by atoms with Crippen LogP contribution in [-0.4, -0.2) is 28.1 Å². The molecule has 0 radical (unpaired) electrons. The van der Waals surface area contributed by atoms with E-state index >= 15 is 0 Å². The van der Waals surface area contributed by atoms with E-state index in [1.807, 2.05) is 6.92 Å². The smallest absolute Gasteiger partial charge is 0.306 e. The van der Waals surface area contributed by atoms with Gasteiger partial charge in [-0.05, 0) is 38.3 Å². The highest BCUT2D eigenvalue weighted by Gasteiger charge is 2.30. The van der Waals surface area contributed by atoms with Gasteiger partial charge in [-0.2, -0.15) is 0 Å². The number of aryl methyl sites for hydroxylation is 1. The Labute approximate surface area is 111 Å². The molecule has 2 rings (SSSR count). The summed E-state index contributed by atoms with van der Waals surface area (Å²) in [6, 6.07) is 4.70. The fourth-order valence-corrected chi connectivity index (χ4v) is 2.43. The van der Waals surface area contributed by atoms with Gasteiger partial charge in [0.2, 0.25) is 0 Å². The third-order valence-electron chi connectivity index (χ3n) is 3.51. The molecule has 0 heterocycles. The molecule has 5 heteroatoms. The maximum Gasteiger partial charge on any atom is 0.306 e. The molecule has 5 nitrogen and oxygen atoms in total. The summed E-state index contributed by atoms with van der Waals surface area (Å²) in [5.74, 6) is -1.60. The maximum absolute atomic E-state index is 12.0. The topological polar surface area (TPSA) is 86.6 Å². The second-order valence-electron chi connectivity index (χ2n) is 5.04. The summed E-state index contributed by atoms with van der Waals surface area (Å²) >= 11 is 0. The van der Waals surface area contributed by atoms with Crippen LogP contribution >= 0.6 is 0 Å². The van der Waals surface area contributed by atoms with Crippen LogP contribution in [0.4, 0.5) is 0 Å². The van der Waals surface area contributed by atoms with Crippen LogP contribution in [0.1, 0.15) is 35.2 Å². The highest BCUT2D eigenvalue weighted by molar-refractivity contribution is 5.97. The molecular formula is C14H17NO4. The zero-order chi connectivity index (χ0) is 14.0. The van der Waals surface area contributed by atoms with Crippen LogP contribution in [0, 0.1) is 12.8 Å². The van der Waals surface area contributed by atoms with E-state index in [2.05, 4.69) is 5.32 Å². The van der Waals surface area contributed by atoms with Gasteiger partial charge in [-0.1, -0.05) is 11.6 Å². The lowest BCUT2D eigenvalue weighted by atomic mass is 10.1. The Morgan fingerprint density at radius 1 is 1.32 bits per heavy atom. The molecule has 2 atom stereocenters. The lowest BCUT2D eigenvalue weighted by Crippen LogP contribution is -2.33. The zero-order valence-electron chi connectivity index (χ0n) is 10.7. The molecule has 1 aromatic carbocycles. The molecule has 0 aromatic heterocycles. The van der Waals surface area contributed by atoms with Crippen LogP contribution in [0.15, 0.2) is 18.2 Å². The highest BCUT2D eigenvalue weighted by atomic mass is 16.4. The predicted octanol–water partition coefficient (Wildman–Crippen LogP) is 1.68. The molecule has 2 unspecified atom stereocenters. The summed E-state index contributed by atoms with van der Waals surface area (Å²) in [4.78, 5) is 22.9. The molecule has 0 saturated heterocycles. The van der Waals surface area contributed by atoms with Gasteiger partial charge in [0.1, 0.15) is 5.75 Å². The number of hydrogen-bond donors (Lipinski definition) is 3. The van der Waals surface area contributed by atoms with E-state index in [1.165, 1.54) is 6.07 Å². The number of hydrogen-bond acceptors (Lipinski definition) is 3. The van der Waals surface area contributed by atoms with E-state index in [4.69, 9.17) is 5.11 Å². The van der Waals surface area contributed by atoms with Gasteiger partial charge in [-0.25, -0.2) is 0 Å². The third-order valence-corrected chi connectivity index (χ3v) is 3.51. The van der Waals surface area contributed by atoms with Gasteiger partial charge >= 0.3 is 5.97 Å². The maximum atomic E-state index is 12.0. The monoisotopic (exact) mass is 263 g/mol. The Morgan fingerprint density at radius 3 is 2.68 bits per heavy atom. The molecule has 1 aromatic rings. The number of carboxylic acids is 1. The van der Waals surface area contributed by atoms with Crippen LogP contribution in [0.3, 0.4) is 0 Å². The Balaban J connectivity index is 2.02. The Hall–Kier alpha value is -2.04. The van der Waals surface area contributed by atoms with Crippen LogP contribution in [0.2, 0.25) is 0 Å². The van der Waals surface area contributed by atoms with E-state index < -0.39 is 5.97 Å². The van der Waals surface area contributed by atoms with Crippen molar-refractivity contribution in [1.29, 1.82) is 0 Å². The van der Waals surface area contributed by atoms with Gasteiger partial charge in [0, 0.05) is 6.04 Å².